The molecular formula is C43H69N11O4. The number of rotatable bonds is 29. The van der Waals surface area contributed by atoms with Crippen LogP contribution >= 0.6 is 0 Å². The van der Waals surface area contributed by atoms with E-state index in [4.69, 9.17) is 20.1 Å². The molecule has 0 spiro atoms. The fourth-order valence-corrected chi connectivity index (χ4v) is 7.30. The van der Waals surface area contributed by atoms with Gasteiger partial charge in [-0.3, -0.25) is 9.48 Å². The van der Waals surface area contributed by atoms with Crippen molar-refractivity contribution >= 4 is 40.5 Å². The van der Waals surface area contributed by atoms with E-state index in [1.165, 1.54) is 83.5 Å². The molecule has 58 heavy (non-hydrogen) atoms. The van der Waals surface area contributed by atoms with E-state index in [1.807, 2.05) is 18.3 Å². The van der Waals surface area contributed by atoms with Gasteiger partial charge in [-0.2, -0.15) is 5.10 Å². The molecule has 2 N–H and O–H groups in total. The van der Waals surface area contributed by atoms with Crippen molar-refractivity contribution in [2.24, 2.45) is 5.11 Å². The molecule has 1 aromatic carbocycles. The first-order chi connectivity index (χ1) is 28.4. The van der Waals surface area contributed by atoms with E-state index in [-0.39, 0.29) is 24.6 Å². The third kappa shape index (κ3) is 16.2. The predicted molar refractivity (Wildman–Crippen MR) is 232 cm³/mol. The highest BCUT2D eigenvalue weighted by molar-refractivity contribution is 5.85. The number of methoxy groups -OCH3 is 1. The summed E-state index contributed by atoms with van der Waals surface area (Å²) in [7, 11) is 1.65. The molecule has 1 saturated heterocycles. The number of unbranched alkanes of at least 4 members (excludes halogenated alkanes) is 15. The monoisotopic (exact) mass is 804 g/mol. The molecule has 320 valence electrons. The van der Waals surface area contributed by atoms with Gasteiger partial charge in [-0.15, -0.1) is 0 Å². The van der Waals surface area contributed by atoms with Crippen LogP contribution in [-0.4, -0.2) is 89.6 Å². The topological polar surface area (TPSA) is 176 Å². The van der Waals surface area contributed by atoms with E-state index in [0.717, 1.165) is 49.2 Å². The number of carbonyl (C=O) groups excluding carboxylic acids is 2. The van der Waals surface area contributed by atoms with Crippen molar-refractivity contribution in [3.05, 3.63) is 40.4 Å². The van der Waals surface area contributed by atoms with Gasteiger partial charge in [0, 0.05) is 67.9 Å². The van der Waals surface area contributed by atoms with E-state index < -0.39 is 0 Å². The second kappa shape index (κ2) is 27.0. The molecule has 15 heteroatoms. The zero-order valence-electron chi connectivity index (χ0n) is 35.6. The quantitative estimate of drug-likeness (QED) is 0.0299. The Morgan fingerprint density at radius 2 is 1.48 bits per heavy atom. The minimum absolute atomic E-state index is 0.0462. The normalized spacial score (nSPS) is 12.7. The highest BCUT2D eigenvalue weighted by atomic mass is 16.6. The number of azide groups is 1. The summed E-state index contributed by atoms with van der Waals surface area (Å²) in [6.45, 7) is 8.75. The van der Waals surface area contributed by atoms with Crippen LogP contribution in [0.15, 0.2) is 29.5 Å². The number of nitrogens with zero attached hydrogens (tertiary/aromatic N) is 9. The molecular weight excluding hydrogens is 735 g/mol. The summed E-state index contributed by atoms with van der Waals surface area (Å²) in [4.78, 5) is 40.6. The minimum Gasteiger partial charge on any atom is -0.496 e. The summed E-state index contributed by atoms with van der Waals surface area (Å²) >= 11 is 0. The number of benzene rings is 1. The maximum atomic E-state index is 12.8. The Morgan fingerprint density at radius 1 is 0.828 bits per heavy atom. The van der Waals surface area contributed by atoms with Crippen molar-refractivity contribution in [3.63, 3.8) is 0 Å². The smallest absolute Gasteiger partial charge is 0.409 e. The van der Waals surface area contributed by atoms with Gasteiger partial charge < -0.3 is 29.9 Å². The molecule has 0 aliphatic carbocycles. The first-order valence-corrected chi connectivity index (χ1v) is 22.1. The van der Waals surface area contributed by atoms with Crippen LogP contribution in [0.2, 0.25) is 0 Å². The molecule has 0 radical (unpaired) electrons. The Morgan fingerprint density at radius 3 is 2.12 bits per heavy atom. The van der Waals surface area contributed by atoms with Gasteiger partial charge in [0.2, 0.25) is 11.9 Å². The van der Waals surface area contributed by atoms with Crippen molar-refractivity contribution in [1.82, 2.24) is 30.0 Å². The van der Waals surface area contributed by atoms with Gasteiger partial charge in [-0.05, 0) is 36.0 Å². The molecule has 2 aromatic heterocycles. The second-order valence-electron chi connectivity index (χ2n) is 15.4. The zero-order valence-corrected chi connectivity index (χ0v) is 35.6. The van der Waals surface area contributed by atoms with Crippen molar-refractivity contribution in [1.29, 1.82) is 0 Å². The lowest BCUT2D eigenvalue weighted by Crippen LogP contribution is -2.49. The maximum Gasteiger partial charge on any atom is 0.409 e. The van der Waals surface area contributed by atoms with E-state index in [9.17, 15) is 9.59 Å². The first kappa shape index (κ1) is 45.9. The molecule has 0 bridgehead atoms. The zero-order chi connectivity index (χ0) is 41.2. The van der Waals surface area contributed by atoms with Crippen LogP contribution in [0, 0.1) is 0 Å². The summed E-state index contributed by atoms with van der Waals surface area (Å²) in [6, 6.07) is 6.09. The molecule has 3 aromatic rings. The summed E-state index contributed by atoms with van der Waals surface area (Å²) in [5.74, 6) is 1.39. The third-order valence-corrected chi connectivity index (χ3v) is 10.7. The molecule has 0 unspecified atom stereocenters. The maximum absolute atomic E-state index is 12.8. The lowest BCUT2D eigenvalue weighted by atomic mass is 10.0. The van der Waals surface area contributed by atoms with Gasteiger partial charge in [0.1, 0.15) is 11.3 Å². The van der Waals surface area contributed by atoms with Crippen molar-refractivity contribution in [2.45, 2.75) is 142 Å². The van der Waals surface area contributed by atoms with E-state index in [0.29, 0.717) is 69.0 Å². The van der Waals surface area contributed by atoms with Gasteiger partial charge in [0.05, 0.1) is 26.5 Å². The number of hydrogen-bond donors (Lipinski definition) is 2. The average molecular weight is 804 g/mol. The van der Waals surface area contributed by atoms with Gasteiger partial charge in [0.15, 0.2) is 11.3 Å². The number of anilines is 2. The van der Waals surface area contributed by atoms with Crippen LogP contribution in [0.25, 0.3) is 21.5 Å². The number of fused-ring (bicyclic) bond motifs is 1. The number of hydrogen-bond acceptors (Lipinski definition) is 10. The largest absolute Gasteiger partial charge is 0.496 e. The number of piperazine rings is 1. The Kier molecular flexibility index (Phi) is 21.4. The molecule has 0 saturated carbocycles. The Labute approximate surface area is 345 Å². The summed E-state index contributed by atoms with van der Waals surface area (Å²) in [5, 5.41) is 14.6. The van der Waals surface area contributed by atoms with Crippen LogP contribution < -0.4 is 20.3 Å². The van der Waals surface area contributed by atoms with Crippen molar-refractivity contribution < 1.29 is 19.1 Å². The van der Waals surface area contributed by atoms with Gasteiger partial charge in [-0.1, -0.05) is 116 Å². The summed E-state index contributed by atoms with van der Waals surface area (Å²) in [5.41, 5.74) is 12.1. The number of amides is 2. The highest BCUT2D eigenvalue weighted by Crippen LogP contribution is 2.29. The standard InChI is InChI=1S/C43H69N11O4/c1-4-6-8-9-10-11-12-13-14-15-16-17-18-19-20-22-39(55)45-26-21-31-58-43(56)53-29-27-52(28-30-53)36-24-23-35(38(32-36)57-3)33-54-34-37-40(50-54)41(46-25-7-5-2)48-42(47-37)49-51-44/h23-24,32,34H,4-22,25-31,33H2,1-3H3,(H,45,55)(H,46,47,48). The predicted octanol–water partition coefficient (Wildman–Crippen LogP) is 10.1. The Bertz CT molecular complexity index is 1700. The van der Waals surface area contributed by atoms with Crippen LogP contribution in [0.1, 0.15) is 141 Å². The fourth-order valence-electron chi connectivity index (χ4n) is 7.30. The molecule has 1 aliphatic rings. The van der Waals surface area contributed by atoms with E-state index in [1.54, 1.807) is 16.7 Å². The fraction of sp³-hybridized carbons (Fsp3) is 0.698. The number of aromatic nitrogens is 4. The van der Waals surface area contributed by atoms with Crippen molar-refractivity contribution in [2.75, 3.05) is 63.2 Å². The van der Waals surface area contributed by atoms with Crippen LogP contribution in [0.4, 0.5) is 22.2 Å². The minimum atomic E-state index is -0.316. The average Bonchev–Trinajstić information content (AvgIpc) is 3.65. The molecule has 1 fully saturated rings. The SMILES string of the molecule is CCCCCCCCCCCCCCCCCC(=O)NCCCOC(=O)N1CCN(c2ccc(Cn3cc4nc(N=[N+]=[N-])nc(NCCCC)c4n3)c(OC)c2)CC1. The molecule has 15 nitrogen and oxygen atoms in total. The first-order valence-electron chi connectivity index (χ1n) is 22.1. The van der Waals surface area contributed by atoms with Crippen LogP contribution in [0.5, 0.6) is 5.75 Å². The molecule has 0 atom stereocenters. The second-order valence-corrected chi connectivity index (χ2v) is 15.4. The summed E-state index contributed by atoms with van der Waals surface area (Å²) in [6.07, 6.45) is 24.3. The summed E-state index contributed by atoms with van der Waals surface area (Å²) < 4.78 is 13.1. The Hall–Kier alpha value is -4.78. The van der Waals surface area contributed by atoms with Crippen LogP contribution in [-0.2, 0) is 16.1 Å². The molecule has 4 rings (SSSR count). The van der Waals surface area contributed by atoms with Gasteiger partial charge in [0.25, 0.3) is 0 Å². The van der Waals surface area contributed by atoms with Gasteiger partial charge >= 0.3 is 6.09 Å². The number of ether oxygens (including phenoxy) is 2. The molecule has 2 amide bonds. The van der Waals surface area contributed by atoms with E-state index >= 15 is 0 Å². The lowest BCUT2D eigenvalue weighted by molar-refractivity contribution is -0.121. The number of nitrogens with one attached hydrogen (secondary N) is 2. The third-order valence-electron chi connectivity index (χ3n) is 10.7. The number of carbonyl (C=O) groups is 2. The lowest BCUT2D eigenvalue weighted by Gasteiger charge is -2.35. The Balaban J connectivity index is 1.07. The van der Waals surface area contributed by atoms with Crippen LogP contribution in [0.3, 0.4) is 0 Å². The van der Waals surface area contributed by atoms with E-state index in [2.05, 4.69) is 55.4 Å². The highest BCUT2D eigenvalue weighted by Gasteiger charge is 2.23. The van der Waals surface area contributed by atoms with Gasteiger partial charge in [-0.25, -0.2) is 14.8 Å². The molecule has 3 heterocycles. The molecule has 1 aliphatic heterocycles. The van der Waals surface area contributed by atoms with Crippen molar-refractivity contribution in [3.8, 4) is 5.75 Å².